The number of likely N-dealkylation sites (N-methyl/N-ethyl adjacent to an activating group) is 1. The summed E-state index contributed by atoms with van der Waals surface area (Å²) in [5, 5.41) is 19.5. The number of anilines is 1. The van der Waals surface area contributed by atoms with E-state index in [1.165, 1.54) is 17.9 Å². The van der Waals surface area contributed by atoms with Crippen molar-refractivity contribution in [2.45, 2.75) is 6.92 Å². The predicted octanol–water partition coefficient (Wildman–Crippen LogP) is 1.47. The highest BCUT2D eigenvalue weighted by atomic mass is 19.1. The van der Waals surface area contributed by atoms with Crippen LogP contribution in [0.1, 0.15) is 5.56 Å². The van der Waals surface area contributed by atoms with E-state index in [1.807, 2.05) is 0 Å². The Bertz CT molecular complexity index is 409. The van der Waals surface area contributed by atoms with Crippen LogP contribution in [0, 0.1) is 22.9 Å². The van der Waals surface area contributed by atoms with Crippen molar-refractivity contribution in [2.75, 3.05) is 25.1 Å². The minimum atomic E-state index is -0.633. The summed E-state index contributed by atoms with van der Waals surface area (Å²) in [6.07, 6.45) is 0. The van der Waals surface area contributed by atoms with E-state index in [2.05, 4.69) is 0 Å². The molecule has 0 saturated heterocycles. The number of nitro benzene ring substituents is 1. The summed E-state index contributed by atoms with van der Waals surface area (Å²) in [5.74, 6) is -0.604. The molecule has 0 aliphatic carbocycles. The van der Waals surface area contributed by atoms with Crippen LogP contribution in [0.5, 0.6) is 0 Å². The first-order chi connectivity index (χ1) is 7.47. The van der Waals surface area contributed by atoms with Gasteiger partial charge in [0.2, 0.25) is 0 Å². The van der Waals surface area contributed by atoms with E-state index < -0.39 is 10.7 Å². The van der Waals surface area contributed by atoms with Gasteiger partial charge in [-0.25, -0.2) is 4.39 Å². The largest absolute Gasteiger partial charge is 0.395 e. The molecule has 0 atom stereocenters. The van der Waals surface area contributed by atoms with Crippen molar-refractivity contribution in [3.05, 3.63) is 33.6 Å². The molecule has 0 radical (unpaired) electrons. The SMILES string of the molecule is Cc1cc(N(C)CCO)c([N+](=O)[O-])cc1F. The van der Waals surface area contributed by atoms with Crippen molar-refractivity contribution >= 4 is 11.4 Å². The smallest absolute Gasteiger partial charge is 0.295 e. The number of rotatable bonds is 4. The maximum atomic E-state index is 13.2. The molecule has 1 aromatic carbocycles. The zero-order valence-electron chi connectivity index (χ0n) is 9.11. The van der Waals surface area contributed by atoms with E-state index in [9.17, 15) is 14.5 Å². The van der Waals surface area contributed by atoms with Crippen LogP contribution in [0.3, 0.4) is 0 Å². The molecule has 1 N–H and O–H groups in total. The highest BCUT2D eigenvalue weighted by Gasteiger charge is 2.19. The molecule has 0 amide bonds. The average Bonchev–Trinajstić information content (AvgIpc) is 2.21. The Hall–Kier alpha value is -1.69. The van der Waals surface area contributed by atoms with Crippen molar-refractivity contribution in [1.29, 1.82) is 0 Å². The van der Waals surface area contributed by atoms with Crippen LogP contribution in [0.4, 0.5) is 15.8 Å². The maximum Gasteiger partial charge on any atom is 0.295 e. The molecule has 5 nitrogen and oxygen atoms in total. The Morgan fingerprint density at radius 1 is 1.56 bits per heavy atom. The molecule has 0 unspecified atom stereocenters. The first-order valence-corrected chi connectivity index (χ1v) is 4.74. The quantitative estimate of drug-likeness (QED) is 0.626. The summed E-state index contributed by atoms with van der Waals surface area (Å²) in [7, 11) is 1.61. The molecular formula is C10H13FN2O3. The zero-order valence-corrected chi connectivity index (χ0v) is 9.11. The van der Waals surface area contributed by atoms with E-state index in [1.54, 1.807) is 7.05 Å². The molecule has 1 aromatic rings. The molecule has 0 heterocycles. The highest BCUT2D eigenvalue weighted by molar-refractivity contribution is 5.64. The second-order valence-corrected chi connectivity index (χ2v) is 3.49. The van der Waals surface area contributed by atoms with Crippen molar-refractivity contribution in [3.8, 4) is 0 Å². The number of hydrogen-bond acceptors (Lipinski definition) is 4. The van der Waals surface area contributed by atoms with Crippen LogP contribution in [0.25, 0.3) is 0 Å². The molecule has 0 aromatic heterocycles. The third-order valence-corrected chi connectivity index (χ3v) is 2.30. The molecular weight excluding hydrogens is 215 g/mol. The van der Waals surface area contributed by atoms with Gasteiger partial charge in [0.05, 0.1) is 17.6 Å². The second kappa shape index (κ2) is 4.89. The summed E-state index contributed by atoms with van der Waals surface area (Å²) in [4.78, 5) is 11.6. The molecule has 88 valence electrons. The van der Waals surface area contributed by atoms with Gasteiger partial charge >= 0.3 is 0 Å². The van der Waals surface area contributed by atoms with Crippen LogP contribution >= 0.6 is 0 Å². The van der Waals surface area contributed by atoms with Crippen molar-refractivity contribution in [3.63, 3.8) is 0 Å². The lowest BCUT2D eigenvalue weighted by Gasteiger charge is -2.18. The summed E-state index contributed by atoms with van der Waals surface area (Å²) >= 11 is 0. The molecule has 1 rings (SSSR count). The molecule has 16 heavy (non-hydrogen) atoms. The maximum absolute atomic E-state index is 13.2. The topological polar surface area (TPSA) is 66.6 Å². The monoisotopic (exact) mass is 228 g/mol. The van der Waals surface area contributed by atoms with Crippen LogP contribution in [0.2, 0.25) is 0 Å². The predicted molar refractivity (Wildman–Crippen MR) is 58.1 cm³/mol. The van der Waals surface area contributed by atoms with Gasteiger partial charge < -0.3 is 10.0 Å². The van der Waals surface area contributed by atoms with Gasteiger partial charge in [0.15, 0.2) is 0 Å². The second-order valence-electron chi connectivity index (χ2n) is 3.49. The molecule has 0 saturated carbocycles. The van der Waals surface area contributed by atoms with E-state index in [4.69, 9.17) is 5.11 Å². The minimum absolute atomic E-state index is 0.121. The van der Waals surface area contributed by atoms with Gasteiger partial charge in [-0.05, 0) is 18.6 Å². The fourth-order valence-corrected chi connectivity index (χ4v) is 1.38. The highest BCUT2D eigenvalue weighted by Crippen LogP contribution is 2.29. The van der Waals surface area contributed by atoms with Gasteiger partial charge in [-0.2, -0.15) is 0 Å². The van der Waals surface area contributed by atoms with Gasteiger partial charge in [-0.1, -0.05) is 0 Å². The van der Waals surface area contributed by atoms with Crippen molar-refractivity contribution < 1.29 is 14.4 Å². The average molecular weight is 228 g/mol. The molecule has 0 bridgehead atoms. The third-order valence-electron chi connectivity index (χ3n) is 2.30. The lowest BCUT2D eigenvalue weighted by molar-refractivity contribution is -0.384. The van der Waals surface area contributed by atoms with Crippen LogP contribution in [-0.2, 0) is 0 Å². The van der Waals surface area contributed by atoms with Gasteiger partial charge in [0.25, 0.3) is 5.69 Å². The number of benzene rings is 1. The standard InChI is InChI=1S/C10H13FN2O3/c1-7-5-9(12(2)3-4-14)10(13(15)16)6-8(7)11/h5-6,14H,3-4H2,1-2H3. The van der Waals surface area contributed by atoms with Gasteiger partial charge in [-0.15, -0.1) is 0 Å². The number of aryl methyl sites for hydroxylation is 1. The van der Waals surface area contributed by atoms with E-state index in [0.29, 0.717) is 11.3 Å². The molecule has 0 fully saturated rings. The van der Waals surface area contributed by atoms with Gasteiger partial charge in [-0.3, -0.25) is 10.1 Å². The number of nitro groups is 1. The Labute approximate surface area is 92.3 Å². The number of aliphatic hydroxyl groups is 1. The van der Waals surface area contributed by atoms with E-state index >= 15 is 0 Å². The summed E-state index contributed by atoms with van der Waals surface area (Å²) in [5.41, 5.74) is 0.349. The zero-order chi connectivity index (χ0) is 12.3. The summed E-state index contributed by atoms with van der Waals surface area (Å²) in [6, 6.07) is 2.31. The van der Waals surface area contributed by atoms with Crippen LogP contribution in [0.15, 0.2) is 12.1 Å². The van der Waals surface area contributed by atoms with E-state index in [0.717, 1.165) is 6.07 Å². The third kappa shape index (κ3) is 2.46. The number of hydrogen-bond donors (Lipinski definition) is 1. The normalized spacial score (nSPS) is 10.2. The van der Waals surface area contributed by atoms with Crippen molar-refractivity contribution in [2.24, 2.45) is 0 Å². The Balaban J connectivity index is 3.24. The molecule has 0 spiro atoms. The van der Waals surface area contributed by atoms with Gasteiger partial charge in [0, 0.05) is 13.6 Å². The Morgan fingerprint density at radius 3 is 2.69 bits per heavy atom. The van der Waals surface area contributed by atoms with Crippen LogP contribution in [-0.4, -0.2) is 30.2 Å². The lowest BCUT2D eigenvalue weighted by atomic mass is 10.1. The lowest BCUT2D eigenvalue weighted by Crippen LogP contribution is -2.22. The molecule has 6 heteroatoms. The first-order valence-electron chi connectivity index (χ1n) is 4.74. The Kier molecular flexibility index (Phi) is 3.78. The van der Waals surface area contributed by atoms with Gasteiger partial charge in [0.1, 0.15) is 11.5 Å². The minimum Gasteiger partial charge on any atom is -0.395 e. The van der Waals surface area contributed by atoms with E-state index in [-0.39, 0.29) is 18.8 Å². The number of nitrogens with zero attached hydrogens (tertiary/aromatic N) is 2. The number of aliphatic hydroxyl groups excluding tert-OH is 1. The fraction of sp³-hybridized carbons (Fsp3) is 0.400. The Morgan fingerprint density at radius 2 is 2.19 bits per heavy atom. The number of halogens is 1. The molecule has 0 aliphatic heterocycles. The van der Waals surface area contributed by atoms with Crippen molar-refractivity contribution in [1.82, 2.24) is 0 Å². The summed E-state index contributed by atoms with van der Waals surface area (Å²) in [6.45, 7) is 1.67. The summed E-state index contributed by atoms with van der Waals surface area (Å²) < 4.78 is 13.2. The van der Waals surface area contributed by atoms with Crippen LogP contribution < -0.4 is 4.90 Å². The molecule has 0 aliphatic rings. The fourth-order valence-electron chi connectivity index (χ4n) is 1.38. The first kappa shape index (κ1) is 12.4.